The Morgan fingerprint density at radius 2 is 1.90 bits per heavy atom. The summed E-state index contributed by atoms with van der Waals surface area (Å²) in [4.78, 5) is 23.1. The van der Waals surface area contributed by atoms with Gasteiger partial charge in [0, 0.05) is 0 Å². The first-order valence-electron chi connectivity index (χ1n) is 6.36. The van der Waals surface area contributed by atoms with E-state index in [1.54, 1.807) is 6.92 Å². The van der Waals surface area contributed by atoms with Gasteiger partial charge in [-0.15, -0.1) is 0 Å². The van der Waals surface area contributed by atoms with Crippen molar-refractivity contribution >= 4 is 12.1 Å². The zero-order chi connectivity index (χ0) is 15.0. The Hall–Kier alpha value is -2.08. The summed E-state index contributed by atoms with van der Waals surface area (Å²) >= 11 is 0. The molecule has 2 unspecified atom stereocenters. The molecule has 0 saturated carbocycles. The number of aliphatic hydroxyl groups excluding tert-OH is 1. The fraction of sp³-hybridized carbons (Fsp3) is 0.429. The number of ether oxygens (including phenoxy) is 2. The fourth-order valence-electron chi connectivity index (χ4n) is 1.50. The van der Waals surface area contributed by atoms with Gasteiger partial charge in [0.2, 0.25) is 0 Å². The fourth-order valence-corrected chi connectivity index (χ4v) is 1.50. The van der Waals surface area contributed by atoms with Crippen molar-refractivity contribution in [2.45, 2.75) is 32.6 Å². The van der Waals surface area contributed by atoms with Crippen LogP contribution in [-0.4, -0.2) is 35.9 Å². The van der Waals surface area contributed by atoms with Gasteiger partial charge in [-0.05, 0) is 19.4 Å². The molecule has 0 aliphatic heterocycles. The van der Waals surface area contributed by atoms with Crippen molar-refractivity contribution in [3.05, 3.63) is 35.9 Å². The quantitative estimate of drug-likeness (QED) is 0.766. The van der Waals surface area contributed by atoms with Gasteiger partial charge in [0.15, 0.2) is 6.04 Å². The number of hydrogen-bond acceptors (Lipinski definition) is 5. The van der Waals surface area contributed by atoms with Crippen molar-refractivity contribution in [3.63, 3.8) is 0 Å². The molecule has 0 aliphatic rings. The van der Waals surface area contributed by atoms with Gasteiger partial charge in [-0.3, -0.25) is 0 Å². The minimum atomic E-state index is -1.14. The zero-order valence-corrected chi connectivity index (χ0v) is 11.5. The van der Waals surface area contributed by atoms with Crippen molar-refractivity contribution in [1.29, 1.82) is 0 Å². The van der Waals surface area contributed by atoms with E-state index in [1.165, 1.54) is 6.92 Å². The van der Waals surface area contributed by atoms with Crippen LogP contribution in [0.1, 0.15) is 19.4 Å². The highest BCUT2D eigenvalue weighted by Gasteiger charge is 2.27. The third-order valence-corrected chi connectivity index (χ3v) is 2.51. The zero-order valence-electron chi connectivity index (χ0n) is 11.5. The first-order chi connectivity index (χ1) is 9.54. The van der Waals surface area contributed by atoms with Gasteiger partial charge in [0.05, 0.1) is 12.7 Å². The van der Waals surface area contributed by atoms with E-state index in [-0.39, 0.29) is 13.2 Å². The van der Waals surface area contributed by atoms with Crippen LogP contribution in [0.2, 0.25) is 0 Å². The number of esters is 1. The number of alkyl carbamates (subject to hydrolysis) is 1. The number of hydrogen-bond donors (Lipinski definition) is 2. The van der Waals surface area contributed by atoms with Gasteiger partial charge in [-0.2, -0.15) is 0 Å². The molecule has 1 rings (SSSR count). The maximum absolute atomic E-state index is 11.6. The summed E-state index contributed by atoms with van der Waals surface area (Å²) in [5.41, 5.74) is 0.826. The summed E-state index contributed by atoms with van der Waals surface area (Å²) < 4.78 is 9.73. The number of amides is 1. The molecule has 0 saturated heterocycles. The van der Waals surface area contributed by atoms with E-state index in [1.807, 2.05) is 30.3 Å². The van der Waals surface area contributed by atoms with Gasteiger partial charge >= 0.3 is 12.1 Å². The molecule has 0 spiro atoms. The van der Waals surface area contributed by atoms with Crippen LogP contribution in [0.3, 0.4) is 0 Å². The smallest absolute Gasteiger partial charge is 0.408 e. The minimum Gasteiger partial charge on any atom is -0.464 e. The standard InChI is InChI=1S/C14H19NO5/c1-3-19-13(17)12(10(2)16)15-14(18)20-9-11-7-5-4-6-8-11/h4-8,10,12,16H,3,9H2,1-2H3,(H,15,18). The lowest BCUT2D eigenvalue weighted by atomic mass is 10.2. The van der Waals surface area contributed by atoms with Crippen LogP contribution in [0, 0.1) is 0 Å². The molecule has 0 fully saturated rings. The van der Waals surface area contributed by atoms with Crippen molar-refractivity contribution < 1.29 is 24.2 Å². The molecule has 1 aromatic carbocycles. The van der Waals surface area contributed by atoms with Crippen LogP contribution < -0.4 is 5.32 Å². The van der Waals surface area contributed by atoms with Crippen molar-refractivity contribution in [2.75, 3.05) is 6.61 Å². The topological polar surface area (TPSA) is 84.9 Å². The normalized spacial score (nSPS) is 13.2. The van der Waals surface area contributed by atoms with Crippen molar-refractivity contribution in [3.8, 4) is 0 Å². The maximum atomic E-state index is 11.6. The van der Waals surface area contributed by atoms with E-state index >= 15 is 0 Å². The van der Waals surface area contributed by atoms with Gasteiger partial charge < -0.3 is 19.9 Å². The Labute approximate surface area is 117 Å². The molecule has 0 aromatic heterocycles. The third-order valence-electron chi connectivity index (χ3n) is 2.51. The van der Waals surface area contributed by atoms with Gasteiger partial charge in [0.25, 0.3) is 0 Å². The highest BCUT2D eigenvalue weighted by atomic mass is 16.6. The summed E-state index contributed by atoms with van der Waals surface area (Å²) in [7, 11) is 0. The van der Waals surface area contributed by atoms with Crippen LogP contribution in [0.5, 0.6) is 0 Å². The Bertz CT molecular complexity index is 432. The van der Waals surface area contributed by atoms with E-state index in [4.69, 9.17) is 9.47 Å². The van der Waals surface area contributed by atoms with Gasteiger partial charge in [-0.1, -0.05) is 30.3 Å². The Morgan fingerprint density at radius 3 is 2.45 bits per heavy atom. The van der Waals surface area contributed by atoms with E-state index < -0.39 is 24.2 Å². The second kappa shape index (κ2) is 8.16. The van der Waals surface area contributed by atoms with E-state index in [0.717, 1.165) is 5.56 Å². The van der Waals surface area contributed by atoms with Crippen molar-refractivity contribution in [1.82, 2.24) is 5.32 Å². The Morgan fingerprint density at radius 1 is 1.25 bits per heavy atom. The molecule has 6 nitrogen and oxygen atoms in total. The molecule has 6 heteroatoms. The molecule has 110 valence electrons. The van der Waals surface area contributed by atoms with Crippen LogP contribution in [-0.2, 0) is 20.9 Å². The first kappa shape index (κ1) is 16.0. The number of aliphatic hydroxyl groups is 1. The average molecular weight is 281 g/mol. The molecule has 1 amide bonds. The predicted octanol–water partition coefficient (Wildman–Crippen LogP) is 1.23. The molecule has 0 aliphatic carbocycles. The summed E-state index contributed by atoms with van der Waals surface area (Å²) in [5.74, 6) is -0.695. The van der Waals surface area contributed by atoms with Crippen LogP contribution >= 0.6 is 0 Å². The van der Waals surface area contributed by atoms with Crippen molar-refractivity contribution in [2.24, 2.45) is 0 Å². The number of nitrogens with one attached hydrogen (secondary N) is 1. The Kier molecular flexibility index (Phi) is 6.52. The molecule has 20 heavy (non-hydrogen) atoms. The summed E-state index contributed by atoms with van der Waals surface area (Å²) in [6.07, 6.45) is -1.86. The number of carbonyl (C=O) groups is 2. The Balaban J connectivity index is 2.48. The average Bonchev–Trinajstić information content (AvgIpc) is 2.43. The molecule has 1 aromatic rings. The summed E-state index contributed by atoms with van der Waals surface area (Å²) in [6, 6.07) is 7.99. The molecule has 2 atom stereocenters. The molecular formula is C14H19NO5. The molecule has 0 heterocycles. The highest BCUT2D eigenvalue weighted by molar-refractivity contribution is 5.81. The maximum Gasteiger partial charge on any atom is 0.408 e. The lowest BCUT2D eigenvalue weighted by Crippen LogP contribution is -2.48. The van der Waals surface area contributed by atoms with Crippen LogP contribution in [0.4, 0.5) is 4.79 Å². The molecular weight excluding hydrogens is 262 g/mol. The van der Waals surface area contributed by atoms with Gasteiger partial charge in [0.1, 0.15) is 6.61 Å². The van der Waals surface area contributed by atoms with E-state index in [9.17, 15) is 14.7 Å². The van der Waals surface area contributed by atoms with Crippen LogP contribution in [0.25, 0.3) is 0 Å². The molecule has 0 bridgehead atoms. The first-order valence-corrected chi connectivity index (χ1v) is 6.36. The number of benzene rings is 1. The monoisotopic (exact) mass is 281 g/mol. The van der Waals surface area contributed by atoms with Gasteiger partial charge in [-0.25, -0.2) is 9.59 Å². The number of carbonyl (C=O) groups excluding carboxylic acids is 2. The number of rotatable bonds is 6. The lowest BCUT2D eigenvalue weighted by molar-refractivity contribution is -0.148. The largest absolute Gasteiger partial charge is 0.464 e. The third kappa shape index (κ3) is 5.27. The molecule has 0 radical (unpaired) electrons. The second-order valence-electron chi connectivity index (χ2n) is 4.18. The van der Waals surface area contributed by atoms with Crippen LogP contribution in [0.15, 0.2) is 30.3 Å². The summed E-state index contributed by atoms with van der Waals surface area (Å²) in [6.45, 7) is 3.29. The highest BCUT2D eigenvalue weighted by Crippen LogP contribution is 2.02. The lowest BCUT2D eigenvalue weighted by Gasteiger charge is -2.19. The predicted molar refractivity (Wildman–Crippen MR) is 71.9 cm³/mol. The molecule has 2 N–H and O–H groups in total. The summed E-state index contributed by atoms with van der Waals surface area (Å²) in [5, 5.41) is 11.8. The van der Waals surface area contributed by atoms with E-state index in [0.29, 0.717) is 0 Å². The SMILES string of the molecule is CCOC(=O)C(NC(=O)OCc1ccccc1)C(C)O. The second-order valence-corrected chi connectivity index (χ2v) is 4.18. The minimum absolute atomic E-state index is 0.0853. The van der Waals surface area contributed by atoms with E-state index in [2.05, 4.69) is 5.32 Å².